The maximum Gasteiger partial charge on any atom is 0.334 e. The first kappa shape index (κ1) is 15.5. The van der Waals surface area contributed by atoms with Gasteiger partial charge in [-0.1, -0.05) is 18.2 Å². The van der Waals surface area contributed by atoms with Crippen molar-refractivity contribution in [3.63, 3.8) is 0 Å². The van der Waals surface area contributed by atoms with Crippen molar-refractivity contribution in [1.29, 1.82) is 0 Å². The highest BCUT2D eigenvalue weighted by Crippen LogP contribution is 2.35. The number of nitrogens with one attached hydrogen (secondary N) is 2. The third kappa shape index (κ3) is 4.04. The molecule has 1 aliphatic rings. The lowest BCUT2D eigenvalue weighted by Crippen LogP contribution is -2.41. The van der Waals surface area contributed by atoms with Crippen molar-refractivity contribution in [2.24, 2.45) is 0 Å². The summed E-state index contributed by atoms with van der Waals surface area (Å²) in [5.74, 6) is -1.87. The van der Waals surface area contributed by atoms with E-state index in [1.54, 1.807) is 24.3 Å². The highest BCUT2D eigenvalue weighted by Gasteiger charge is 2.32. The quantitative estimate of drug-likeness (QED) is 0.504. The molecule has 21 heavy (non-hydrogen) atoms. The van der Waals surface area contributed by atoms with Crippen LogP contribution < -0.4 is 10.6 Å². The van der Waals surface area contributed by atoms with Crippen molar-refractivity contribution in [1.82, 2.24) is 5.32 Å². The molecular weight excluding hydrogens is 299 g/mol. The lowest BCUT2D eigenvalue weighted by molar-refractivity contribution is -0.138. The zero-order valence-electron chi connectivity index (χ0n) is 10.9. The zero-order valence-corrected chi connectivity index (χ0v) is 11.8. The van der Waals surface area contributed by atoms with Gasteiger partial charge in [0.1, 0.15) is 12.2 Å². The third-order valence-electron chi connectivity index (χ3n) is 3.12. The van der Waals surface area contributed by atoms with E-state index >= 15 is 0 Å². The monoisotopic (exact) mass is 314 g/mol. The van der Waals surface area contributed by atoms with E-state index in [2.05, 4.69) is 10.6 Å². The first-order valence-corrected chi connectivity index (χ1v) is 7.98. The standard InChI is InChI=1S/C12H15N2O6P/c15-11(6-21(18,19)20)14-9-5-10(12(16)17)13-8-4-2-1-3-7(8)9/h1-4,9-10,13H,5-6H2,(H,14,15)(H,16,17)(H2,18,19,20)/t9-,10-/m0/s1. The van der Waals surface area contributed by atoms with Crippen LogP contribution in [0.15, 0.2) is 24.3 Å². The molecule has 1 aromatic carbocycles. The number of carboxylic acid groups (broad SMARTS) is 1. The van der Waals surface area contributed by atoms with E-state index < -0.39 is 37.7 Å². The molecule has 0 spiro atoms. The molecule has 0 aromatic heterocycles. The van der Waals surface area contributed by atoms with Crippen molar-refractivity contribution in [3.05, 3.63) is 29.8 Å². The molecule has 2 rings (SSSR count). The summed E-state index contributed by atoms with van der Waals surface area (Å²) in [5.41, 5.74) is 1.27. The molecule has 1 amide bonds. The Morgan fingerprint density at radius 1 is 1.33 bits per heavy atom. The van der Waals surface area contributed by atoms with E-state index in [9.17, 15) is 14.2 Å². The van der Waals surface area contributed by atoms with Crippen molar-refractivity contribution in [3.8, 4) is 0 Å². The van der Waals surface area contributed by atoms with E-state index in [0.29, 0.717) is 11.3 Å². The molecule has 0 unspecified atom stereocenters. The minimum absolute atomic E-state index is 0.0965. The Morgan fingerprint density at radius 3 is 2.62 bits per heavy atom. The van der Waals surface area contributed by atoms with Crippen molar-refractivity contribution in [2.75, 3.05) is 11.5 Å². The van der Waals surface area contributed by atoms with Crippen LogP contribution in [-0.4, -0.2) is 39.0 Å². The second kappa shape index (κ2) is 5.85. The summed E-state index contributed by atoms with van der Waals surface area (Å²) in [4.78, 5) is 40.4. The number of carbonyl (C=O) groups excluding carboxylic acids is 1. The number of rotatable bonds is 4. The van der Waals surface area contributed by atoms with Gasteiger partial charge in [-0.05, 0) is 11.6 Å². The second-order valence-corrected chi connectivity index (χ2v) is 6.45. The van der Waals surface area contributed by atoms with Gasteiger partial charge in [-0.15, -0.1) is 0 Å². The minimum atomic E-state index is -4.45. The van der Waals surface area contributed by atoms with Crippen molar-refractivity contribution < 1.29 is 29.0 Å². The smallest absolute Gasteiger partial charge is 0.334 e. The van der Waals surface area contributed by atoms with Gasteiger partial charge in [-0.3, -0.25) is 9.36 Å². The van der Waals surface area contributed by atoms with Crippen LogP contribution >= 0.6 is 7.60 Å². The van der Waals surface area contributed by atoms with E-state index in [1.165, 1.54) is 0 Å². The van der Waals surface area contributed by atoms with Gasteiger partial charge < -0.3 is 25.5 Å². The van der Waals surface area contributed by atoms with Crippen molar-refractivity contribution in [2.45, 2.75) is 18.5 Å². The number of hydrogen-bond acceptors (Lipinski definition) is 4. The van der Waals surface area contributed by atoms with Crippen LogP contribution in [0.25, 0.3) is 0 Å². The van der Waals surface area contributed by atoms with Crippen LogP contribution in [0.5, 0.6) is 0 Å². The number of para-hydroxylation sites is 1. The van der Waals surface area contributed by atoms with Gasteiger partial charge in [-0.25, -0.2) is 4.79 Å². The number of aliphatic carboxylic acids is 1. The van der Waals surface area contributed by atoms with Crippen LogP contribution in [0, 0.1) is 0 Å². The molecule has 114 valence electrons. The SMILES string of the molecule is O=C(CP(=O)(O)O)N[C@H]1C[C@@H](C(=O)O)Nc2ccccc21. The first-order chi connectivity index (χ1) is 9.76. The van der Waals surface area contributed by atoms with E-state index in [1.807, 2.05) is 0 Å². The first-order valence-electron chi connectivity index (χ1n) is 6.18. The van der Waals surface area contributed by atoms with Gasteiger partial charge in [0.05, 0.1) is 6.04 Å². The predicted molar refractivity (Wildman–Crippen MR) is 73.9 cm³/mol. The summed E-state index contributed by atoms with van der Waals surface area (Å²) >= 11 is 0. The van der Waals surface area contributed by atoms with Gasteiger partial charge >= 0.3 is 13.6 Å². The van der Waals surface area contributed by atoms with Crippen LogP contribution in [0.2, 0.25) is 0 Å². The summed E-state index contributed by atoms with van der Waals surface area (Å²) in [6.07, 6.45) is -0.823. The number of anilines is 1. The normalized spacial score (nSPS) is 21.0. The molecule has 5 N–H and O–H groups in total. The average Bonchev–Trinajstić information content (AvgIpc) is 2.36. The van der Waals surface area contributed by atoms with Gasteiger partial charge in [0, 0.05) is 12.1 Å². The largest absolute Gasteiger partial charge is 0.480 e. The highest BCUT2D eigenvalue weighted by atomic mass is 31.2. The zero-order chi connectivity index (χ0) is 15.6. The number of hydrogen-bond donors (Lipinski definition) is 5. The number of fused-ring (bicyclic) bond motifs is 1. The maximum absolute atomic E-state index is 11.6. The van der Waals surface area contributed by atoms with Crippen molar-refractivity contribution >= 4 is 25.2 Å². The molecule has 1 aromatic rings. The molecule has 8 nitrogen and oxygen atoms in total. The Balaban J connectivity index is 2.19. The fourth-order valence-corrected chi connectivity index (χ4v) is 2.73. The molecule has 0 bridgehead atoms. The fourth-order valence-electron chi connectivity index (χ4n) is 2.27. The van der Waals surface area contributed by atoms with Gasteiger partial charge in [0.2, 0.25) is 5.91 Å². The summed E-state index contributed by atoms with van der Waals surface area (Å²) in [6.45, 7) is 0. The number of amides is 1. The highest BCUT2D eigenvalue weighted by molar-refractivity contribution is 7.52. The molecule has 0 saturated heterocycles. The summed E-state index contributed by atoms with van der Waals surface area (Å²) in [7, 11) is -4.45. The molecule has 0 saturated carbocycles. The minimum Gasteiger partial charge on any atom is -0.480 e. The van der Waals surface area contributed by atoms with Gasteiger partial charge in [0.25, 0.3) is 0 Å². The Bertz CT molecular complexity index is 614. The molecule has 9 heteroatoms. The van der Waals surface area contributed by atoms with Gasteiger partial charge in [-0.2, -0.15) is 0 Å². The Labute approximate surface area is 120 Å². The van der Waals surface area contributed by atoms with Crippen LogP contribution in [0.3, 0.4) is 0 Å². The maximum atomic E-state index is 11.6. The van der Waals surface area contributed by atoms with Crippen LogP contribution in [0.1, 0.15) is 18.0 Å². The Morgan fingerprint density at radius 2 is 2.00 bits per heavy atom. The second-order valence-electron chi connectivity index (χ2n) is 4.80. The molecule has 1 aliphatic heterocycles. The molecular formula is C12H15N2O6P. The van der Waals surface area contributed by atoms with E-state index in [0.717, 1.165) is 0 Å². The number of carbonyl (C=O) groups is 2. The Kier molecular flexibility index (Phi) is 4.32. The predicted octanol–water partition coefficient (Wildman–Crippen LogP) is 0.290. The number of benzene rings is 1. The topological polar surface area (TPSA) is 136 Å². The summed E-state index contributed by atoms with van der Waals surface area (Å²) in [6, 6.07) is 5.40. The molecule has 0 radical (unpaired) electrons. The third-order valence-corrected chi connectivity index (χ3v) is 3.82. The summed E-state index contributed by atoms with van der Waals surface area (Å²) < 4.78 is 10.8. The fraction of sp³-hybridized carbons (Fsp3) is 0.333. The lowest BCUT2D eigenvalue weighted by Gasteiger charge is -2.31. The molecule has 0 aliphatic carbocycles. The van der Waals surface area contributed by atoms with Crippen LogP contribution in [0.4, 0.5) is 5.69 Å². The van der Waals surface area contributed by atoms with E-state index in [4.69, 9.17) is 14.9 Å². The van der Waals surface area contributed by atoms with E-state index in [-0.39, 0.29) is 6.42 Å². The average molecular weight is 314 g/mol. The molecule has 2 atom stereocenters. The molecule has 0 fully saturated rings. The number of carboxylic acids is 1. The van der Waals surface area contributed by atoms with Crippen LogP contribution in [-0.2, 0) is 14.2 Å². The lowest BCUT2D eigenvalue weighted by atomic mass is 9.93. The Hall–Kier alpha value is -1.89. The van der Waals surface area contributed by atoms with Gasteiger partial charge in [0.15, 0.2) is 0 Å². The summed E-state index contributed by atoms with van der Waals surface area (Å²) in [5, 5.41) is 14.4. The molecule has 1 heterocycles.